The Morgan fingerprint density at radius 1 is 0.359 bits per heavy atom. The molecule has 0 aliphatic carbocycles. The van der Waals surface area contributed by atoms with Gasteiger partial charge in [-0.1, -0.05) is 258 Å². The highest BCUT2D eigenvalue weighted by Gasteiger charge is 2.49. The summed E-state index contributed by atoms with van der Waals surface area (Å²) < 4.78 is 14.0. The molecule has 0 bridgehead atoms. The van der Waals surface area contributed by atoms with E-state index < -0.39 is 0 Å². The van der Waals surface area contributed by atoms with E-state index in [1.54, 1.807) is 127 Å². The summed E-state index contributed by atoms with van der Waals surface area (Å²) in [4.78, 5) is 64.5. The summed E-state index contributed by atoms with van der Waals surface area (Å²) in [6, 6.07) is 42.2. The standard InChI is InChI=1S/2C22H24ClN5OS2.C13H7BrClN3S2.2C13H14ClNS2.C10H12ClIS.C9H6ClNS2/c2*1-14-21(24)22(12-29-14)5-7-28(8-6-22)18-9-26-19(10-25-18)31-17-4-2-3-15(20(17)23)16-11-30-13-27-16;14-11-4-17-12(5-16-11)20-10-3-1-2-8(13(10)15)9-6-19-7-18-9;2*1-13(2,3)17-11-6-4-5-9(12(11)14)10-7-16-8-15-10;1-10(2,3)13-8-6-4-5-7(12)9(8)11;10-9-6(2-1-3-8(9)12)7-4-13-5-11-7/h2*2-4,9-11,13-14,21H,5-8,12,24H2,1H3;1-7H;2*4-8H,1-3H3;4-6H,1-3H3;1-5,12H/t2*14-,21+;;;;;/m00...../s1. The highest BCUT2D eigenvalue weighted by atomic mass is 127. The molecule has 9 aromatic heterocycles. The predicted octanol–water partition coefficient (Wildman–Crippen LogP) is 33.9. The van der Waals surface area contributed by atoms with Crippen molar-refractivity contribution in [2.24, 2.45) is 22.3 Å². The second-order valence-corrected chi connectivity index (χ2v) is 54.1. The fourth-order valence-corrected chi connectivity index (χ4v) is 27.3. The van der Waals surface area contributed by atoms with Gasteiger partial charge in [0, 0.05) is 167 Å². The van der Waals surface area contributed by atoms with Crippen LogP contribution in [-0.2, 0) is 9.47 Å². The molecule has 16 aromatic rings. The van der Waals surface area contributed by atoms with Crippen LogP contribution in [0.25, 0.3) is 67.5 Å². The first kappa shape index (κ1) is 112. The van der Waals surface area contributed by atoms with Crippen molar-refractivity contribution in [2.45, 2.75) is 190 Å². The molecular weight excluding hydrogens is 2350 g/mol. The topological polar surface area (TPSA) is 232 Å². The quantitative estimate of drug-likeness (QED) is 0.0437. The van der Waals surface area contributed by atoms with Crippen molar-refractivity contribution in [3.63, 3.8) is 0 Å². The largest absolute Gasteiger partial charge is 0.376 e. The van der Waals surface area contributed by atoms with Gasteiger partial charge in [-0.15, -0.1) is 116 Å². The lowest BCUT2D eigenvalue weighted by Gasteiger charge is -2.41. The second-order valence-electron chi connectivity index (χ2n) is 35.9. The molecule has 742 valence electrons. The Labute approximate surface area is 942 Å². The van der Waals surface area contributed by atoms with E-state index >= 15 is 0 Å². The minimum Gasteiger partial charge on any atom is -0.376 e. The molecule has 0 radical (unpaired) electrons. The minimum absolute atomic E-state index is 0.109. The molecule has 0 amide bonds. The van der Waals surface area contributed by atoms with Gasteiger partial charge in [0.05, 0.1) is 165 Å². The van der Waals surface area contributed by atoms with E-state index in [1.807, 2.05) is 188 Å². The van der Waals surface area contributed by atoms with Crippen LogP contribution in [0, 0.1) is 14.4 Å². The maximum atomic E-state index is 6.65. The number of aromatic nitrogens is 12. The zero-order chi connectivity index (χ0) is 101. The highest BCUT2D eigenvalue weighted by molar-refractivity contribution is 14.1. The number of anilines is 2. The van der Waals surface area contributed by atoms with Crippen molar-refractivity contribution in [3.05, 3.63) is 273 Å². The smallest absolute Gasteiger partial charge is 0.147 e. The molecule has 4 atom stereocenters. The Morgan fingerprint density at radius 3 is 0.887 bits per heavy atom. The number of benzene rings is 7. The number of thioether (sulfide) groups is 3. The number of rotatable bonds is 17. The van der Waals surface area contributed by atoms with Crippen LogP contribution in [0.3, 0.4) is 0 Å². The summed E-state index contributed by atoms with van der Waals surface area (Å²) in [5.74, 6) is 1.81. The third-order valence-corrected chi connectivity index (χ3v) is 38.2. The second kappa shape index (κ2) is 52.4. The molecule has 2 spiro atoms. The molecule has 4 N–H and O–H groups in total. The Bertz CT molecular complexity index is 6450. The fourth-order valence-electron chi connectivity index (χ4n) is 15.3. The van der Waals surface area contributed by atoms with Crippen LogP contribution in [0.5, 0.6) is 0 Å². The van der Waals surface area contributed by atoms with Crippen molar-refractivity contribution < 1.29 is 9.47 Å². The van der Waals surface area contributed by atoms with Gasteiger partial charge in [0.2, 0.25) is 0 Å². The van der Waals surface area contributed by atoms with E-state index in [0.717, 1.165) is 207 Å². The number of thiazole rings is 6. The summed E-state index contributed by atoms with van der Waals surface area (Å²) in [7, 11) is 0. The molecule has 0 saturated carbocycles. The van der Waals surface area contributed by atoms with Gasteiger partial charge in [-0.05, 0) is 127 Å². The molecule has 40 heteroatoms. The maximum Gasteiger partial charge on any atom is 0.147 e. The molecule has 4 fully saturated rings. The molecule has 13 heterocycles. The molecule has 20 rings (SSSR count). The predicted molar refractivity (Wildman–Crippen MR) is 624 cm³/mol. The average Bonchev–Trinajstić information content (AvgIpc) is 1.62. The van der Waals surface area contributed by atoms with E-state index in [0.29, 0.717) is 24.7 Å². The van der Waals surface area contributed by atoms with Crippen molar-refractivity contribution in [2.75, 3.05) is 49.2 Å². The number of halogens is 9. The van der Waals surface area contributed by atoms with Crippen LogP contribution in [0.15, 0.2) is 284 Å². The monoisotopic (exact) mass is 2450 g/mol. The Morgan fingerprint density at radius 2 is 0.627 bits per heavy atom. The number of nitrogens with zero attached hydrogens (tertiary/aromatic N) is 14. The van der Waals surface area contributed by atoms with Crippen molar-refractivity contribution in [1.82, 2.24) is 59.8 Å². The van der Waals surface area contributed by atoms with Crippen LogP contribution in [0.4, 0.5) is 11.6 Å². The average molecular weight is 2450 g/mol. The molecule has 18 nitrogen and oxygen atoms in total. The van der Waals surface area contributed by atoms with Gasteiger partial charge < -0.3 is 30.7 Å². The van der Waals surface area contributed by atoms with E-state index in [2.05, 4.69) is 215 Å². The van der Waals surface area contributed by atoms with Gasteiger partial charge in [0.15, 0.2) is 0 Å². The van der Waals surface area contributed by atoms with Gasteiger partial charge >= 0.3 is 0 Å². The summed E-state index contributed by atoms with van der Waals surface area (Å²) in [6.45, 7) is 29.1. The first-order chi connectivity index (χ1) is 68.0. The number of piperidine rings is 2. The van der Waals surface area contributed by atoms with Gasteiger partial charge in [0.25, 0.3) is 0 Å². The summed E-state index contributed by atoms with van der Waals surface area (Å²) in [6.07, 6.45) is 15.1. The lowest BCUT2D eigenvalue weighted by Crippen LogP contribution is -2.50. The SMILES string of the molecule is CC(C)(C)Sc1cccc(-c2cscn2)c1Cl.CC(C)(C)Sc1cccc(-c2cscn2)c1Cl.CC(C)(C)Sc1cccc(I)c1Cl.C[C@@H]1OCC2(CCN(c3cnc(Sc4cccc(-c5cscn5)c4Cl)cn3)CC2)[C@@H]1N.C[C@@H]1OCC2(CCN(c3cnc(Sc4cccc(-c5cscn5)c4Cl)cn3)CC2)[C@@H]1N.Clc1c(Sc2cnc(Br)cn2)cccc1-c1cscn1.Sc1cccc(-c2cscn2)c1Cl. The Hall–Kier alpha value is -5.31. The molecule has 4 aliphatic heterocycles. The van der Waals surface area contributed by atoms with E-state index in [9.17, 15) is 0 Å². The minimum atomic E-state index is 0.109. The van der Waals surface area contributed by atoms with Crippen LogP contribution in [0.1, 0.15) is 102 Å². The fraction of sp³-hybridized carbons (Fsp3) is 0.294. The van der Waals surface area contributed by atoms with Crippen molar-refractivity contribution >= 4 is 283 Å². The molecule has 0 unspecified atom stereocenters. The third kappa shape index (κ3) is 30.8. The first-order valence-corrected chi connectivity index (χ1v) is 60.1. The summed E-state index contributed by atoms with van der Waals surface area (Å²) in [5, 5.41) is 19.6. The lowest BCUT2D eigenvalue weighted by molar-refractivity contribution is 0.0973. The van der Waals surface area contributed by atoms with E-state index in [4.69, 9.17) is 102 Å². The normalized spacial score (nSPS) is 16.3. The number of ether oxygens (including phenoxy) is 2. The first-order valence-electron chi connectivity index (χ1n) is 44.6. The molecule has 4 aliphatic rings. The molecule has 4 saturated heterocycles. The van der Waals surface area contributed by atoms with Crippen molar-refractivity contribution in [1.29, 1.82) is 0 Å². The maximum absolute atomic E-state index is 6.65. The molecular formula is C102H101BrCl7IN16O2S13. The highest BCUT2D eigenvalue weighted by Crippen LogP contribution is 2.49. The lowest BCUT2D eigenvalue weighted by atomic mass is 9.73. The van der Waals surface area contributed by atoms with Crippen LogP contribution < -0.4 is 21.3 Å². The van der Waals surface area contributed by atoms with E-state index in [-0.39, 0.29) is 49.4 Å². The Balaban J connectivity index is 0.000000135. The number of thiol groups is 1. The van der Waals surface area contributed by atoms with Crippen LogP contribution >= 0.6 is 271 Å². The number of hydrogen-bond donors (Lipinski definition) is 3. The van der Waals surface area contributed by atoms with Crippen molar-refractivity contribution in [3.8, 4) is 67.5 Å². The zero-order valence-corrected chi connectivity index (χ0v) is 98.6. The molecule has 142 heavy (non-hydrogen) atoms. The van der Waals surface area contributed by atoms with Gasteiger partial charge in [-0.25, -0.2) is 59.8 Å². The number of hydrogen-bond acceptors (Lipinski definition) is 31. The van der Waals surface area contributed by atoms with E-state index in [1.165, 1.54) is 40.2 Å². The van der Waals surface area contributed by atoms with Gasteiger partial charge in [-0.2, -0.15) is 0 Å². The summed E-state index contributed by atoms with van der Waals surface area (Å²) >= 11 is 74.0. The Kier molecular flexibility index (Phi) is 41.5. The zero-order valence-electron chi connectivity index (χ0n) is 78.9. The molecule has 7 aromatic carbocycles. The summed E-state index contributed by atoms with van der Waals surface area (Å²) in [5.41, 5.74) is 35.2. The van der Waals surface area contributed by atoms with Crippen LogP contribution in [0.2, 0.25) is 35.2 Å². The third-order valence-electron chi connectivity index (χ3n) is 22.5. The van der Waals surface area contributed by atoms with Gasteiger partial charge in [-0.3, -0.25) is 0 Å². The van der Waals surface area contributed by atoms with Crippen LogP contribution in [-0.4, -0.2) is 138 Å². The number of nitrogens with two attached hydrogens (primary N) is 2. The van der Waals surface area contributed by atoms with Gasteiger partial charge in [0.1, 0.15) is 31.3 Å².